The molecule has 9 aromatic carbocycles. The first-order valence-electron chi connectivity index (χ1n) is 19.1. The monoisotopic (exact) mass is 593 g/mol. The van der Waals surface area contributed by atoms with Gasteiger partial charge in [0.05, 0.1) is 16.7 Å². The van der Waals surface area contributed by atoms with Crippen LogP contribution in [-0.2, 0) is 0 Å². The molecule has 0 amide bonds. The first-order chi connectivity index (χ1) is 26.1. The largest absolute Gasteiger partial charge is 0.456 e. The van der Waals surface area contributed by atoms with Gasteiger partial charge in [0.2, 0.25) is 0 Å². The summed E-state index contributed by atoms with van der Waals surface area (Å²) < 4.78 is 75.2. The molecule has 0 aliphatic carbocycles. The molecular formula is C44H27NO. The Morgan fingerprint density at radius 3 is 2.17 bits per heavy atom. The van der Waals surface area contributed by atoms with Crippen molar-refractivity contribution in [3.05, 3.63) is 164 Å². The van der Waals surface area contributed by atoms with Crippen molar-refractivity contribution in [2.75, 3.05) is 4.90 Å². The molecule has 2 nitrogen and oxygen atoms in total. The highest BCUT2D eigenvalue weighted by molar-refractivity contribution is 6.26. The molecular weight excluding hydrogens is 558 g/mol. The predicted octanol–water partition coefficient (Wildman–Crippen LogP) is 12.8. The van der Waals surface area contributed by atoms with Crippen LogP contribution in [0.25, 0.3) is 76.2 Å². The summed E-state index contributed by atoms with van der Waals surface area (Å²) in [6.07, 6.45) is 0. The zero-order chi connectivity index (χ0) is 37.2. The lowest BCUT2D eigenvalue weighted by Gasteiger charge is -2.28. The summed E-state index contributed by atoms with van der Waals surface area (Å²) >= 11 is 0. The third kappa shape index (κ3) is 3.77. The van der Waals surface area contributed by atoms with E-state index in [0.717, 1.165) is 71.3 Å². The average molecular weight is 594 g/mol. The lowest BCUT2D eigenvalue weighted by Crippen LogP contribution is -2.10. The number of furan rings is 1. The maximum absolute atomic E-state index is 9.08. The smallest absolute Gasteiger partial charge is 0.137 e. The molecule has 0 N–H and O–H groups in total. The Bertz CT molecular complexity index is 3210. The molecule has 10 rings (SSSR count). The molecule has 0 aliphatic rings. The number of benzene rings is 9. The Kier molecular flexibility index (Phi) is 3.92. The second-order valence-electron chi connectivity index (χ2n) is 11.5. The molecule has 1 heterocycles. The molecule has 0 spiro atoms. The highest BCUT2D eigenvalue weighted by Gasteiger charge is 2.20. The van der Waals surface area contributed by atoms with Crippen molar-refractivity contribution in [3.63, 3.8) is 0 Å². The second-order valence-corrected chi connectivity index (χ2v) is 11.5. The third-order valence-corrected chi connectivity index (χ3v) is 8.93. The average Bonchev–Trinajstić information content (AvgIpc) is 3.56. The van der Waals surface area contributed by atoms with E-state index < -0.39 is 24.2 Å². The molecule has 0 unspecified atom stereocenters. The van der Waals surface area contributed by atoms with E-state index in [4.69, 9.17) is 15.4 Å². The quantitative estimate of drug-likeness (QED) is 0.189. The van der Waals surface area contributed by atoms with Gasteiger partial charge in [0.15, 0.2) is 0 Å². The number of hydrogen-bond acceptors (Lipinski definition) is 2. The lowest BCUT2D eigenvalue weighted by molar-refractivity contribution is 0.669. The van der Waals surface area contributed by atoms with E-state index in [2.05, 4.69) is 41.3 Å². The maximum atomic E-state index is 9.08. The van der Waals surface area contributed by atoms with E-state index in [1.165, 1.54) is 0 Å². The van der Waals surface area contributed by atoms with Crippen LogP contribution in [0.2, 0.25) is 0 Å². The molecule has 2 heteroatoms. The minimum absolute atomic E-state index is 0.0797. The fraction of sp³-hybridized carbons (Fsp3) is 0. The first-order valence-corrected chi connectivity index (χ1v) is 15.1. The van der Waals surface area contributed by atoms with Crippen molar-refractivity contribution in [3.8, 4) is 11.1 Å². The number of nitrogens with zero attached hydrogens (tertiary/aromatic N) is 1. The molecule has 0 aliphatic heterocycles. The second kappa shape index (κ2) is 9.69. The summed E-state index contributed by atoms with van der Waals surface area (Å²) in [6, 6.07) is 35.5. The topological polar surface area (TPSA) is 16.4 Å². The van der Waals surface area contributed by atoms with Gasteiger partial charge in [-0.25, -0.2) is 0 Å². The molecule has 0 radical (unpaired) electrons. The van der Waals surface area contributed by atoms with Gasteiger partial charge in [-0.2, -0.15) is 0 Å². The minimum Gasteiger partial charge on any atom is -0.456 e. The van der Waals surface area contributed by atoms with Crippen molar-refractivity contribution in [1.29, 1.82) is 0 Å². The fourth-order valence-electron chi connectivity index (χ4n) is 6.83. The van der Waals surface area contributed by atoms with Crippen molar-refractivity contribution >= 4 is 82.1 Å². The van der Waals surface area contributed by atoms with Crippen LogP contribution >= 0.6 is 0 Å². The zero-order valence-corrected chi connectivity index (χ0v) is 24.3. The molecule has 0 saturated carbocycles. The highest BCUT2D eigenvalue weighted by atomic mass is 16.3. The van der Waals surface area contributed by atoms with Crippen LogP contribution in [0.4, 0.5) is 17.1 Å². The summed E-state index contributed by atoms with van der Waals surface area (Å²) in [5.74, 6) is 0. The summed E-state index contributed by atoms with van der Waals surface area (Å²) in [7, 11) is 0. The van der Waals surface area contributed by atoms with Crippen molar-refractivity contribution in [2.45, 2.75) is 0 Å². The highest BCUT2D eigenvalue weighted by Crippen LogP contribution is 2.46. The third-order valence-electron chi connectivity index (χ3n) is 8.93. The van der Waals surface area contributed by atoms with Gasteiger partial charge in [-0.15, -0.1) is 0 Å². The van der Waals surface area contributed by atoms with Crippen LogP contribution < -0.4 is 4.90 Å². The van der Waals surface area contributed by atoms with E-state index in [1.54, 1.807) is 12.1 Å². The number of rotatable bonds is 4. The number of fused-ring (bicyclic) bond motifs is 4. The first kappa shape index (κ1) is 18.6. The van der Waals surface area contributed by atoms with Crippen LogP contribution in [0, 0.1) is 0 Å². The summed E-state index contributed by atoms with van der Waals surface area (Å²) in [5.41, 5.74) is 4.57. The molecule has 10 aromatic rings. The van der Waals surface area contributed by atoms with Gasteiger partial charge in [0, 0.05) is 33.6 Å². The van der Waals surface area contributed by atoms with E-state index in [-0.39, 0.29) is 34.5 Å². The number of anilines is 3. The predicted molar refractivity (Wildman–Crippen MR) is 195 cm³/mol. The molecule has 46 heavy (non-hydrogen) atoms. The Balaban J connectivity index is 1.22. The van der Waals surface area contributed by atoms with Crippen LogP contribution in [0.3, 0.4) is 0 Å². The standard InChI is InChI=1S/C44H27NO/c1-2-8-32-25-33(18-15-28(32)7-1)29-19-21-35(22-20-29)45(36-23-24-38-37-12-3-4-14-41(37)46-42(38)27-36)40-26-34-11-5-9-30-16-17-31-10-6-13-39(40)44(31)43(30)34/h1-27H/i1D,2D,7D,8D,10D,15D,18D,25D. The fourth-order valence-corrected chi connectivity index (χ4v) is 6.83. The minimum atomic E-state index is -0.497. The summed E-state index contributed by atoms with van der Waals surface area (Å²) in [6.45, 7) is 0. The molecule has 0 fully saturated rings. The molecule has 1 aromatic heterocycles. The van der Waals surface area contributed by atoms with Gasteiger partial charge < -0.3 is 9.32 Å². The van der Waals surface area contributed by atoms with Crippen molar-refractivity contribution in [2.24, 2.45) is 0 Å². The van der Waals surface area contributed by atoms with Gasteiger partial charge in [-0.05, 0) is 91.3 Å². The van der Waals surface area contributed by atoms with Gasteiger partial charge >= 0.3 is 0 Å². The lowest BCUT2D eigenvalue weighted by atomic mass is 9.92. The van der Waals surface area contributed by atoms with Gasteiger partial charge in [-0.3, -0.25) is 0 Å². The van der Waals surface area contributed by atoms with Gasteiger partial charge in [-0.1, -0.05) is 115 Å². The number of para-hydroxylation sites is 1. The Morgan fingerprint density at radius 2 is 1.24 bits per heavy atom. The van der Waals surface area contributed by atoms with Crippen molar-refractivity contribution in [1.82, 2.24) is 0 Å². The Labute approximate surface area is 276 Å². The van der Waals surface area contributed by atoms with Gasteiger partial charge in [0.25, 0.3) is 0 Å². The zero-order valence-electron chi connectivity index (χ0n) is 32.3. The van der Waals surface area contributed by atoms with Gasteiger partial charge in [0.1, 0.15) is 11.2 Å². The Morgan fingerprint density at radius 1 is 0.457 bits per heavy atom. The van der Waals surface area contributed by atoms with Crippen LogP contribution in [0.5, 0.6) is 0 Å². The molecule has 0 atom stereocenters. The van der Waals surface area contributed by atoms with Crippen LogP contribution in [0.1, 0.15) is 11.0 Å². The van der Waals surface area contributed by atoms with Crippen molar-refractivity contribution < 1.29 is 15.4 Å². The summed E-state index contributed by atoms with van der Waals surface area (Å²) in [4.78, 5) is 2.14. The maximum Gasteiger partial charge on any atom is 0.137 e. The van der Waals surface area contributed by atoms with Crippen LogP contribution in [0.15, 0.2) is 168 Å². The summed E-state index contributed by atoms with van der Waals surface area (Å²) in [5, 5.41) is 7.83. The van der Waals surface area contributed by atoms with E-state index >= 15 is 0 Å². The molecule has 0 bridgehead atoms. The molecule has 214 valence electrons. The molecule has 0 saturated heterocycles. The van der Waals surface area contributed by atoms with Crippen LogP contribution in [-0.4, -0.2) is 0 Å². The van der Waals surface area contributed by atoms with E-state index in [0.29, 0.717) is 11.6 Å². The number of hydrogen-bond donors (Lipinski definition) is 0. The normalized spacial score (nSPS) is 14.3. The SMILES string of the molecule is [2H]c1c([2H])c([2H])c2c([2H])c(-c3ccc(N(c4ccc5c(c4)oc4ccccc45)c4cc5cccc6ccc7c([2H])ccc4c7c65)cc3)c([2H])c([2H])c2c1[2H]. The van der Waals surface area contributed by atoms with E-state index in [9.17, 15) is 0 Å². The van der Waals surface area contributed by atoms with E-state index in [1.807, 2.05) is 66.7 Å². The Hall–Kier alpha value is -6.12.